The van der Waals surface area contributed by atoms with Gasteiger partial charge in [0.1, 0.15) is 22.9 Å². The van der Waals surface area contributed by atoms with Gasteiger partial charge in [0.05, 0.1) is 5.69 Å². The second kappa shape index (κ2) is 10.1. The summed E-state index contributed by atoms with van der Waals surface area (Å²) in [4.78, 5) is 24.4. The number of nitrogens with zero attached hydrogens (tertiary/aromatic N) is 4. The predicted octanol–water partition coefficient (Wildman–Crippen LogP) is 4.36. The van der Waals surface area contributed by atoms with Crippen molar-refractivity contribution >= 4 is 36.0 Å². The van der Waals surface area contributed by atoms with Crippen LogP contribution in [0.5, 0.6) is 0 Å². The Kier molecular flexibility index (Phi) is 7.71. The minimum Gasteiger partial charge on any atom is -0.465 e. The highest BCUT2D eigenvalue weighted by molar-refractivity contribution is 9.10. The highest BCUT2D eigenvalue weighted by Gasteiger charge is 2.31. The van der Waals surface area contributed by atoms with Gasteiger partial charge in [-0.1, -0.05) is 19.6 Å². The average molecular weight is 511 g/mol. The van der Waals surface area contributed by atoms with Crippen LogP contribution in [0.15, 0.2) is 16.9 Å². The fourth-order valence-corrected chi connectivity index (χ4v) is 4.44. The first-order valence-corrected chi connectivity index (χ1v) is 15.0. The van der Waals surface area contributed by atoms with Crippen molar-refractivity contribution in [3.8, 4) is 11.4 Å². The first-order valence-electron chi connectivity index (χ1n) is 10.5. The number of carbonyl (C=O) groups is 1. The van der Waals surface area contributed by atoms with Crippen LogP contribution >= 0.6 is 15.9 Å². The average Bonchev–Trinajstić information content (AvgIpc) is 3.46. The Morgan fingerprint density at radius 3 is 2.77 bits per heavy atom. The van der Waals surface area contributed by atoms with Crippen molar-refractivity contribution in [2.75, 3.05) is 18.5 Å². The van der Waals surface area contributed by atoms with Gasteiger partial charge in [0, 0.05) is 39.4 Å². The fraction of sp³-hybridized carbons (Fsp3) is 0.600. The zero-order chi connectivity index (χ0) is 22.6. The van der Waals surface area contributed by atoms with Crippen LogP contribution in [0.3, 0.4) is 0 Å². The van der Waals surface area contributed by atoms with E-state index in [0.717, 1.165) is 47.3 Å². The molecule has 1 amide bonds. The van der Waals surface area contributed by atoms with Gasteiger partial charge in [-0.05, 0) is 47.8 Å². The van der Waals surface area contributed by atoms with Crippen LogP contribution in [0.4, 0.5) is 10.7 Å². The number of hydrogen-bond donors (Lipinski definition) is 3. The molecule has 0 radical (unpaired) electrons. The standard InChI is InChI=1S/C20H31BrN6O3Si/c1-13(24-20(28)29)11-23-19-22-8-7-15(25-19)16-17(21)26-18(14-5-6-14)27(16)12-30-9-10-31(2,3)4/h7-8,13-14,24H,5-6,9-12H2,1-4H3,(H,28,29)(H,22,23,25). The van der Waals surface area contributed by atoms with Crippen molar-refractivity contribution < 1.29 is 14.6 Å². The van der Waals surface area contributed by atoms with Gasteiger partial charge in [-0.15, -0.1) is 0 Å². The zero-order valence-corrected chi connectivity index (χ0v) is 21.1. The van der Waals surface area contributed by atoms with Gasteiger partial charge in [0.15, 0.2) is 0 Å². The summed E-state index contributed by atoms with van der Waals surface area (Å²) in [5.41, 5.74) is 1.61. The molecule has 3 rings (SSSR count). The maximum Gasteiger partial charge on any atom is 0.404 e. The molecule has 31 heavy (non-hydrogen) atoms. The quantitative estimate of drug-likeness (QED) is 0.303. The van der Waals surface area contributed by atoms with Crippen LogP contribution in [0.2, 0.25) is 25.7 Å². The first kappa shape index (κ1) is 23.7. The van der Waals surface area contributed by atoms with Crippen molar-refractivity contribution in [3.05, 3.63) is 22.7 Å². The Hall–Kier alpha value is -1.98. The van der Waals surface area contributed by atoms with E-state index in [4.69, 9.17) is 14.8 Å². The smallest absolute Gasteiger partial charge is 0.404 e. The van der Waals surface area contributed by atoms with E-state index in [2.05, 4.69) is 60.7 Å². The molecule has 2 aromatic rings. The zero-order valence-electron chi connectivity index (χ0n) is 18.5. The number of ether oxygens (including phenoxy) is 1. The maximum atomic E-state index is 10.8. The molecule has 1 unspecified atom stereocenters. The first-order chi connectivity index (χ1) is 14.6. The number of aromatic nitrogens is 4. The number of hydrogen-bond acceptors (Lipinski definition) is 6. The van der Waals surface area contributed by atoms with E-state index in [1.807, 2.05) is 6.07 Å². The molecule has 0 saturated heterocycles. The second-order valence-electron chi connectivity index (χ2n) is 9.16. The number of halogens is 1. The molecule has 3 N–H and O–H groups in total. The lowest BCUT2D eigenvalue weighted by Gasteiger charge is -2.17. The number of imidazole rings is 1. The molecule has 1 aliphatic rings. The Morgan fingerprint density at radius 2 is 2.13 bits per heavy atom. The van der Waals surface area contributed by atoms with Crippen molar-refractivity contribution in [1.29, 1.82) is 0 Å². The van der Waals surface area contributed by atoms with E-state index in [-0.39, 0.29) is 6.04 Å². The monoisotopic (exact) mass is 510 g/mol. The molecule has 1 atom stereocenters. The molecule has 1 saturated carbocycles. The third-order valence-electron chi connectivity index (χ3n) is 4.95. The molecule has 0 spiro atoms. The van der Waals surface area contributed by atoms with E-state index in [1.165, 1.54) is 0 Å². The van der Waals surface area contributed by atoms with Crippen LogP contribution in [0.25, 0.3) is 11.4 Å². The number of carboxylic acid groups (broad SMARTS) is 1. The normalized spacial score (nSPS) is 15.0. The molecule has 170 valence electrons. The van der Waals surface area contributed by atoms with Gasteiger partial charge >= 0.3 is 6.09 Å². The molecule has 0 aromatic carbocycles. The molecular formula is C20H31BrN6O3Si. The molecule has 0 aliphatic heterocycles. The van der Waals surface area contributed by atoms with Gasteiger partial charge < -0.3 is 25.0 Å². The van der Waals surface area contributed by atoms with Gasteiger partial charge in [0.25, 0.3) is 0 Å². The number of nitrogens with one attached hydrogen (secondary N) is 2. The van der Waals surface area contributed by atoms with Crippen LogP contribution < -0.4 is 10.6 Å². The summed E-state index contributed by atoms with van der Waals surface area (Å²) in [6.45, 7) is 10.4. The lowest BCUT2D eigenvalue weighted by Crippen LogP contribution is -2.36. The Bertz CT molecular complexity index is 913. The van der Waals surface area contributed by atoms with E-state index < -0.39 is 14.2 Å². The van der Waals surface area contributed by atoms with E-state index >= 15 is 0 Å². The van der Waals surface area contributed by atoms with Crippen LogP contribution in [-0.2, 0) is 11.5 Å². The van der Waals surface area contributed by atoms with Crippen molar-refractivity contribution in [1.82, 2.24) is 24.8 Å². The maximum absolute atomic E-state index is 10.8. The van der Waals surface area contributed by atoms with Gasteiger partial charge in [0.2, 0.25) is 5.95 Å². The summed E-state index contributed by atoms with van der Waals surface area (Å²) < 4.78 is 8.91. The Morgan fingerprint density at radius 1 is 1.39 bits per heavy atom. The molecule has 0 bridgehead atoms. The van der Waals surface area contributed by atoms with Gasteiger partial charge in [-0.3, -0.25) is 0 Å². The Balaban J connectivity index is 1.77. The highest BCUT2D eigenvalue weighted by atomic mass is 79.9. The van der Waals surface area contributed by atoms with Crippen LogP contribution in [0.1, 0.15) is 31.5 Å². The lowest BCUT2D eigenvalue weighted by molar-refractivity contribution is 0.0861. The topological polar surface area (TPSA) is 114 Å². The molecule has 11 heteroatoms. The molecule has 1 fully saturated rings. The van der Waals surface area contributed by atoms with Crippen molar-refractivity contribution in [3.63, 3.8) is 0 Å². The van der Waals surface area contributed by atoms with E-state index in [1.54, 1.807) is 13.1 Å². The summed E-state index contributed by atoms with van der Waals surface area (Å²) in [5, 5.41) is 14.3. The summed E-state index contributed by atoms with van der Waals surface area (Å²) in [6, 6.07) is 2.69. The third kappa shape index (κ3) is 7.01. The number of rotatable bonds is 11. The summed E-state index contributed by atoms with van der Waals surface area (Å²) in [6.07, 6.45) is 2.91. The fourth-order valence-electron chi connectivity index (χ4n) is 3.08. The van der Waals surface area contributed by atoms with Crippen LogP contribution in [-0.4, -0.2) is 58.0 Å². The summed E-state index contributed by atoms with van der Waals surface area (Å²) in [5.74, 6) is 1.93. The Labute approximate surface area is 192 Å². The predicted molar refractivity (Wildman–Crippen MR) is 126 cm³/mol. The SMILES string of the molecule is CC(CNc1nccc(-c2c(Br)nc(C3CC3)n2COCC[Si](C)(C)C)n1)NC(=O)O. The largest absolute Gasteiger partial charge is 0.465 e. The molecular weight excluding hydrogens is 480 g/mol. The minimum atomic E-state index is -1.16. The number of anilines is 1. The van der Waals surface area contributed by atoms with Crippen LogP contribution in [0, 0.1) is 0 Å². The second-order valence-corrected chi connectivity index (χ2v) is 15.5. The minimum absolute atomic E-state index is 0.275. The molecule has 2 aromatic heterocycles. The summed E-state index contributed by atoms with van der Waals surface area (Å²) >= 11 is 3.62. The third-order valence-corrected chi connectivity index (χ3v) is 7.21. The highest BCUT2D eigenvalue weighted by Crippen LogP contribution is 2.42. The molecule has 1 aliphatic carbocycles. The number of amides is 1. The van der Waals surface area contributed by atoms with Crippen molar-refractivity contribution in [2.24, 2.45) is 0 Å². The van der Waals surface area contributed by atoms with Gasteiger partial charge in [-0.25, -0.2) is 19.7 Å². The van der Waals surface area contributed by atoms with E-state index in [0.29, 0.717) is 25.1 Å². The van der Waals surface area contributed by atoms with E-state index in [9.17, 15) is 4.79 Å². The van der Waals surface area contributed by atoms with Gasteiger partial charge in [-0.2, -0.15) is 0 Å². The molecule has 9 nitrogen and oxygen atoms in total. The lowest BCUT2D eigenvalue weighted by atomic mass is 10.3. The molecule has 2 heterocycles. The summed E-state index contributed by atoms with van der Waals surface area (Å²) in [7, 11) is -1.16. The van der Waals surface area contributed by atoms with Crippen molar-refractivity contribution in [2.45, 2.75) is 64.1 Å².